The van der Waals surface area contributed by atoms with Crippen LogP contribution in [-0.2, 0) is 9.53 Å². The predicted molar refractivity (Wildman–Crippen MR) is 62.9 cm³/mol. The van der Waals surface area contributed by atoms with E-state index in [1.54, 1.807) is 0 Å². The lowest BCUT2D eigenvalue weighted by Crippen LogP contribution is -2.41. The number of ether oxygens (including phenoxy) is 1. The average molecular weight is 273 g/mol. The molecule has 0 saturated carbocycles. The summed E-state index contributed by atoms with van der Waals surface area (Å²) in [6, 6.07) is 2.14. The number of nitrogens with zero attached hydrogens (tertiary/aromatic N) is 2. The SMILES string of the molecule is O=C1COCCN1c1cc(Cl)c([N+](=O)[O-])cc1O. The number of carbonyl (C=O) groups excluding carboxylic acids is 1. The third-order valence-electron chi connectivity index (χ3n) is 2.52. The monoisotopic (exact) mass is 272 g/mol. The highest BCUT2D eigenvalue weighted by Crippen LogP contribution is 2.37. The number of hydrogen-bond donors (Lipinski definition) is 1. The number of nitro benzene ring substituents is 1. The summed E-state index contributed by atoms with van der Waals surface area (Å²) in [5, 5.41) is 20.2. The highest BCUT2D eigenvalue weighted by molar-refractivity contribution is 6.33. The molecule has 2 rings (SSSR count). The van der Waals surface area contributed by atoms with Gasteiger partial charge in [0.1, 0.15) is 17.4 Å². The van der Waals surface area contributed by atoms with Gasteiger partial charge in [-0.1, -0.05) is 11.6 Å². The molecule has 7 nitrogen and oxygen atoms in total. The van der Waals surface area contributed by atoms with Gasteiger partial charge >= 0.3 is 0 Å². The summed E-state index contributed by atoms with van der Waals surface area (Å²) < 4.78 is 4.95. The summed E-state index contributed by atoms with van der Waals surface area (Å²) in [5.41, 5.74) is -0.252. The van der Waals surface area contributed by atoms with Gasteiger partial charge in [-0.25, -0.2) is 0 Å². The van der Waals surface area contributed by atoms with Crippen LogP contribution in [0, 0.1) is 10.1 Å². The number of nitro groups is 1. The molecule has 1 aromatic rings. The molecule has 1 fully saturated rings. The molecule has 1 aliphatic rings. The van der Waals surface area contributed by atoms with Crippen LogP contribution >= 0.6 is 11.6 Å². The van der Waals surface area contributed by atoms with Crippen LogP contribution in [0.25, 0.3) is 0 Å². The number of phenols is 1. The van der Waals surface area contributed by atoms with Gasteiger partial charge in [-0.15, -0.1) is 0 Å². The molecule has 1 heterocycles. The fourth-order valence-electron chi connectivity index (χ4n) is 1.67. The van der Waals surface area contributed by atoms with E-state index in [2.05, 4.69) is 0 Å². The molecule has 0 bridgehead atoms. The zero-order chi connectivity index (χ0) is 13.3. The summed E-state index contributed by atoms with van der Waals surface area (Å²) in [5.74, 6) is -0.692. The summed E-state index contributed by atoms with van der Waals surface area (Å²) in [6.45, 7) is 0.508. The van der Waals surface area contributed by atoms with E-state index in [4.69, 9.17) is 16.3 Å². The second-order valence-corrected chi connectivity index (χ2v) is 4.05. The Hall–Kier alpha value is -1.86. The molecule has 0 radical (unpaired) electrons. The Bertz CT molecular complexity index is 519. The van der Waals surface area contributed by atoms with E-state index in [1.807, 2.05) is 0 Å². The predicted octanol–water partition coefficient (Wildman–Crippen LogP) is 1.32. The quantitative estimate of drug-likeness (QED) is 0.647. The number of morpholine rings is 1. The third kappa shape index (κ3) is 2.22. The van der Waals surface area contributed by atoms with Crippen molar-refractivity contribution in [1.29, 1.82) is 0 Å². The van der Waals surface area contributed by atoms with Crippen LogP contribution in [0.4, 0.5) is 11.4 Å². The van der Waals surface area contributed by atoms with E-state index in [1.165, 1.54) is 11.0 Å². The number of benzene rings is 1. The molecule has 1 aromatic carbocycles. The normalized spacial score (nSPS) is 15.8. The molecule has 18 heavy (non-hydrogen) atoms. The first kappa shape index (κ1) is 12.6. The highest BCUT2D eigenvalue weighted by Gasteiger charge is 2.25. The van der Waals surface area contributed by atoms with Gasteiger partial charge in [0.25, 0.3) is 11.6 Å². The van der Waals surface area contributed by atoms with Crippen molar-refractivity contribution in [2.75, 3.05) is 24.7 Å². The van der Waals surface area contributed by atoms with Gasteiger partial charge in [0.15, 0.2) is 0 Å². The first-order chi connectivity index (χ1) is 8.50. The number of phenolic OH excluding ortho intramolecular Hbond substituents is 1. The fraction of sp³-hybridized carbons (Fsp3) is 0.300. The Balaban J connectivity index is 2.42. The molecular formula is C10H9ClN2O5. The van der Waals surface area contributed by atoms with E-state index in [9.17, 15) is 20.0 Å². The number of halogens is 1. The topological polar surface area (TPSA) is 92.9 Å². The second-order valence-electron chi connectivity index (χ2n) is 3.65. The van der Waals surface area contributed by atoms with Gasteiger partial charge < -0.3 is 14.7 Å². The number of hydrogen-bond acceptors (Lipinski definition) is 5. The lowest BCUT2D eigenvalue weighted by Gasteiger charge is -2.27. The van der Waals surface area contributed by atoms with E-state index in [0.29, 0.717) is 6.61 Å². The number of anilines is 1. The van der Waals surface area contributed by atoms with Gasteiger partial charge in [0, 0.05) is 6.54 Å². The first-order valence-electron chi connectivity index (χ1n) is 5.05. The van der Waals surface area contributed by atoms with Gasteiger partial charge in [-0.2, -0.15) is 0 Å². The fourth-order valence-corrected chi connectivity index (χ4v) is 1.90. The zero-order valence-corrected chi connectivity index (χ0v) is 9.88. The van der Waals surface area contributed by atoms with E-state index >= 15 is 0 Å². The van der Waals surface area contributed by atoms with Crippen molar-refractivity contribution in [1.82, 2.24) is 0 Å². The highest BCUT2D eigenvalue weighted by atomic mass is 35.5. The standard InChI is InChI=1S/C10H9ClN2O5/c11-6-3-8(9(14)4-7(6)13(16)17)12-1-2-18-5-10(12)15/h3-4,14H,1-2,5H2. The zero-order valence-electron chi connectivity index (χ0n) is 9.13. The Kier molecular flexibility index (Phi) is 3.35. The van der Waals surface area contributed by atoms with Gasteiger partial charge in [-0.3, -0.25) is 14.9 Å². The first-order valence-corrected chi connectivity index (χ1v) is 5.43. The lowest BCUT2D eigenvalue weighted by atomic mass is 10.2. The van der Waals surface area contributed by atoms with E-state index < -0.39 is 10.6 Å². The average Bonchev–Trinajstić information content (AvgIpc) is 2.32. The summed E-state index contributed by atoms with van der Waals surface area (Å²) in [4.78, 5) is 22.8. The summed E-state index contributed by atoms with van der Waals surface area (Å²) >= 11 is 5.74. The van der Waals surface area contributed by atoms with Crippen molar-refractivity contribution in [2.24, 2.45) is 0 Å². The number of aromatic hydroxyl groups is 1. The van der Waals surface area contributed by atoms with Crippen LogP contribution in [-0.4, -0.2) is 35.7 Å². The second kappa shape index (κ2) is 4.79. The lowest BCUT2D eigenvalue weighted by molar-refractivity contribution is -0.384. The van der Waals surface area contributed by atoms with Crippen molar-refractivity contribution >= 4 is 28.9 Å². The molecule has 1 saturated heterocycles. The van der Waals surface area contributed by atoms with Crippen LogP contribution in [0.1, 0.15) is 0 Å². The molecule has 0 aromatic heterocycles. The van der Waals surface area contributed by atoms with Gasteiger partial charge in [0.05, 0.1) is 23.3 Å². The molecule has 0 atom stereocenters. The Morgan fingerprint density at radius 1 is 1.50 bits per heavy atom. The summed E-state index contributed by atoms with van der Waals surface area (Å²) in [7, 11) is 0. The molecule has 0 spiro atoms. The smallest absolute Gasteiger partial charge is 0.291 e. The van der Waals surface area contributed by atoms with Crippen molar-refractivity contribution in [3.63, 3.8) is 0 Å². The summed E-state index contributed by atoms with van der Waals surface area (Å²) in [6.07, 6.45) is 0. The molecule has 96 valence electrons. The minimum atomic E-state index is -0.701. The van der Waals surface area contributed by atoms with Gasteiger partial charge in [0.2, 0.25) is 0 Å². The molecule has 0 unspecified atom stereocenters. The van der Waals surface area contributed by atoms with Crippen molar-refractivity contribution in [2.45, 2.75) is 0 Å². The van der Waals surface area contributed by atoms with Crippen molar-refractivity contribution in [3.05, 3.63) is 27.3 Å². The molecule has 1 aliphatic heterocycles. The van der Waals surface area contributed by atoms with Crippen molar-refractivity contribution < 1.29 is 19.6 Å². The molecule has 1 amide bonds. The van der Waals surface area contributed by atoms with Crippen LogP contribution in [0.2, 0.25) is 5.02 Å². The Labute approximate surface area is 107 Å². The van der Waals surface area contributed by atoms with Crippen LogP contribution in [0.15, 0.2) is 12.1 Å². The van der Waals surface area contributed by atoms with E-state index in [-0.39, 0.29) is 35.5 Å². The molecule has 0 aliphatic carbocycles. The Morgan fingerprint density at radius 3 is 2.83 bits per heavy atom. The van der Waals surface area contributed by atoms with E-state index in [0.717, 1.165) is 6.07 Å². The number of rotatable bonds is 2. The van der Waals surface area contributed by atoms with Crippen molar-refractivity contribution in [3.8, 4) is 5.75 Å². The largest absolute Gasteiger partial charge is 0.505 e. The maximum atomic E-state index is 11.6. The molecule has 8 heteroatoms. The molecule has 1 N–H and O–H groups in total. The minimum absolute atomic E-state index is 0.0892. The maximum absolute atomic E-state index is 11.6. The van der Waals surface area contributed by atoms with Gasteiger partial charge in [-0.05, 0) is 6.07 Å². The van der Waals surface area contributed by atoms with Crippen LogP contribution < -0.4 is 4.90 Å². The Morgan fingerprint density at radius 2 is 2.22 bits per heavy atom. The van der Waals surface area contributed by atoms with Crippen LogP contribution in [0.5, 0.6) is 5.75 Å². The molecular weight excluding hydrogens is 264 g/mol. The maximum Gasteiger partial charge on any atom is 0.291 e. The number of amides is 1. The third-order valence-corrected chi connectivity index (χ3v) is 2.82. The van der Waals surface area contributed by atoms with Crippen LogP contribution in [0.3, 0.4) is 0 Å². The number of carbonyl (C=O) groups is 1. The minimum Gasteiger partial charge on any atom is -0.505 e.